The summed E-state index contributed by atoms with van der Waals surface area (Å²) in [6, 6.07) is -0.221. The molecule has 0 aromatic carbocycles. The second kappa shape index (κ2) is 5.99. The SMILES string of the molecule is CC1(C)OC(C)(C)C(CN(CCO)CC(F)F)C1N. The third-order valence-corrected chi connectivity index (χ3v) is 3.92. The van der Waals surface area contributed by atoms with Crippen LogP contribution < -0.4 is 5.73 Å². The molecule has 2 atom stereocenters. The van der Waals surface area contributed by atoms with E-state index in [1.807, 2.05) is 27.7 Å². The van der Waals surface area contributed by atoms with E-state index in [-0.39, 0.29) is 31.7 Å². The summed E-state index contributed by atoms with van der Waals surface area (Å²) in [5, 5.41) is 8.97. The molecule has 0 saturated carbocycles. The lowest BCUT2D eigenvalue weighted by Crippen LogP contribution is -2.49. The van der Waals surface area contributed by atoms with Crippen molar-refractivity contribution in [2.45, 2.75) is 51.4 Å². The van der Waals surface area contributed by atoms with Crippen molar-refractivity contribution in [3.05, 3.63) is 0 Å². The van der Waals surface area contributed by atoms with Crippen LogP contribution in [0.1, 0.15) is 27.7 Å². The number of hydrogen-bond acceptors (Lipinski definition) is 4. The maximum absolute atomic E-state index is 12.5. The highest BCUT2D eigenvalue weighted by Crippen LogP contribution is 2.41. The number of aliphatic hydroxyl groups is 1. The van der Waals surface area contributed by atoms with Crippen molar-refractivity contribution in [3.63, 3.8) is 0 Å². The zero-order valence-corrected chi connectivity index (χ0v) is 12.2. The van der Waals surface area contributed by atoms with Crippen molar-refractivity contribution in [3.8, 4) is 0 Å². The highest BCUT2D eigenvalue weighted by molar-refractivity contribution is 5.04. The van der Waals surface area contributed by atoms with Crippen LogP contribution in [0.5, 0.6) is 0 Å². The van der Waals surface area contributed by atoms with E-state index >= 15 is 0 Å². The Hall–Kier alpha value is -0.300. The van der Waals surface area contributed by atoms with Gasteiger partial charge in [0.1, 0.15) is 0 Å². The monoisotopic (exact) mass is 280 g/mol. The molecule has 0 radical (unpaired) electrons. The number of nitrogens with zero attached hydrogens (tertiary/aromatic N) is 1. The zero-order valence-electron chi connectivity index (χ0n) is 12.2. The molecule has 0 aromatic heterocycles. The molecule has 6 heteroatoms. The van der Waals surface area contributed by atoms with E-state index < -0.39 is 17.6 Å². The average molecular weight is 280 g/mol. The Bertz CT molecular complexity index is 298. The molecule has 0 amide bonds. The van der Waals surface area contributed by atoms with E-state index in [1.54, 1.807) is 4.90 Å². The average Bonchev–Trinajstić information content (AvgIpc) is 2.36. The summed E-state index contributed by atoms with van der Waals surface area (Å²) in [5.41, 5.74) is 5.28. The maximum atomic E-state index is 12.5. The zero-order chi connectivity index (χ0) is 14.8. The van der Waals surface area contributed by atoms with Crippen LogP contribution >= 0.6 is 0 Å². The first-order valence-electron chi connectivity index (χ1n) is 6.67. The van der Waals surface area contributed by atoms with Crippen LogP contribution in [0.25, 0.3) is 0 Å². The van der Waals surface area contributed by atoms with Crippen molar-refractivity contribution in [2.75, 3.05) is 26.2 Å². The molecule has 1 saturated heterocycles. The molecule has 1 aliphatic heterocycles. The number of aliphatic hydroxyl groups excluding tert-OH is 1. The molecule has 1 fully saturated rings. The van der Waals surface area contributed by atoms with Crippen LogP contribution in [0.4, 0.5) is 8.78 Å². The molecule has 1 aliphatic rings. The van der Waals surface area contributed by atoms with Gasteiger partial charge < -0.3 is 15.6 Å². The minimum Gasteiger partial charge on any atom is -0.395 e. The van der Waals surface area contributed by atoms with Crippen LogP contribution in [-0.4, -0.2) is 59.9 Å². The summed E-state index contributed by atoms with van der Waals surface area (Å²) >= 11 is 0. The van der Waals surface area contributed by atoms with Crippen LogP contribution in [-0.2, 0) is 4.74 Å². The molecule has 4 nitrogen and oxygen atoms in total. The first-order chi connectivity index (χ1) is 8.60. The number of halogens is 2. The van der Waals surface area contributed by atoms with Gasteiger partial charge in [-0.15, -0.1) is 0 Å². The van der Waals surface area contributed by atoms with Crippen LogP contribution in [0.2, 0.25) is 0 Å². The quantitative estimate of drug-likeness (QED) is 0.764. The van der Waals surface area contributed by atoms with Crippen molar-refractivity contribution < 1.29 is 18.6 Å². The van der Waals surface area contributed by atoms with Crippen LogP contribution in [0.15, 0.2) is 0 Å². The van der Waals surface area contributed by atoms with E-state index in [1.165, 1.54) is 0 Å². The van der Waals surface area contributed by atoms with E-state index in [2.05, 4.69) is 0 Å². The van der Waals surface area contributed by atoms with Crippen molar-refractivity contribution in [1.29, 1.82) is 0 Å². The van der Waals surface area contributed by atoms with Crippen LogP contribution in [0, 0.1) is 5.92 Å². The molecule has 1 heterocycles. The topological polar surface area (TPSA) is 58.7 Å². The van der Waals surface area contributed by atoms with E-state index in [4.69, 9.17) is 15.6 Å². The third kappa shape index (κ3) is 4.08. The Morgan fingerprint density at radius 2 is 1.84 bits per heavy atom. The molecular formula is C13H26F2N2O2. The second-order valence-corrected chi connectivity index (χ2v) is 6.32. The Morgan fingerprint density at radius 3 is 2.21 bits per heavy atom. The van der Waals surface area contributed by atoms with Gasteiger partial charge in [-0.05, 0) is 27.7 Å². The molecular weight excluding hydrogens is 254 g/mol. The Morgan fingerprint density at radius 1 is 1.26 bits per heavy atom. The van der Waals surface area contributed by atoms with Crippen molar-refractivity contribution >= 4 is 0 Å². The maximum Gasteiger partial charge on any atom is 0.251 e. The predicted octanol–water partition coefficient (Wildman–Crippen LogP) is 1.08. The van der Waals surface area contributed by atoms with Gasteiger partial charge >= 0.3 is 0 Å². The van der Waals surface area contributed by atoms with E-state index in [9.17, 15) is 8.78 Å². The van der Waals surface area contributed by atoms with E-state index in [0.29, 0.717) is 6.54 Å². The Labute approximate surface area is 113 Å². The van der Waals surface area contributed by atoms with Gasteiger partial charge in [0.05, 0.1) is 24.4 Å². The fourth-order valence-corrected chi connectivity index (χ4v) is 2.94. The molecule has 0 aromatic rings. The lowest BCUT2D eigenvalue weighted by molar-refractivity contribution is -0.0795. The van der Waals surface area contributed by atoms with E-state index in [0.717, 1.165) is 0 Å². The van der Waals surface area contributed by atoms with Crippen molar-refractivity contribution in [2.24, 2.45) is 11.7 Å². The van der Waals surface area contributed by atoms with Gasteiger partial charge in [0.25, 0.3) is 6.43 Å². The molecule has 0 aliphatic carbocycles. The number of alkyl halides is 2. The third-order valence-electron chi connectivity index (χ3n) is 3.92. The van der Waals surface area contributed by atoms with Gasteiger partial charge in [0.15, 0.2) is 0 Å². The molecule has 1 rings (SSSR count). The highest BCUT2D eigenvalue weighted by Gasteiger charge is 2.52. The first-order valence-corrected chi connectivity index (χ1v) is 6.67. The Balaban J connectivity index is 2.77. The first kappa shape index (κ1) is 16.8. The van der Waals surface area contributed by atoms with Gasteiger partial charge in [0.2, 0.25) is 0 Å². The number of ether oxygens (including phenoxy) is 1. The van der Waals surface area contributed by atoms with Gasteiger partial charge in [0, 0.05) is 25.0 Å². The number of hydrogen-bond donors (Lipinski definition) is 2. The van der Waals surface area contributed by atoms with Crippen molar-refractivity contribution in [1.82, 2.24) is 4.90 Å². The molecule has 19 heavy (non-hydrogen) atoms. The lowest BCUT2D eigenvalue weighted by Gasteiger charge is -2.32. The number of rotatable bonds is 6. The number of nitrogens with two attached hydrogens (primary N) is 1. The fraction of sp³-hybridized carbons (Fsp3) is 1.00. The van der Waals surface area contributed by atoms with Gasteiger partial charge in [-0.1, -0.05) is 0 Å². The lowest BCUT2D eigenvalue weighted by atomic mass is 9.82. The second-order valence-electron chi connectivity index (χ2n) is 6.32. The minimum atomic E-state index is -2.42. The standard InChI is InChI=1S/C13H26F2N2O2/c1-12(2)9(11(16)13(3,4)19-12)7-17(5-6-18)8-10(14)15/h9-11,18H,5-8,16H2,1-4H3. The van der Waals surface area contributed by atoms with Gasteiger partial charge in [-0.25, -0.2) is 8.78 Å². The summed E-state index contributed by atoms with van der Waals surface area (Å²) in [6.07, 6.45) is -2.42. The molecule has 0 bridgehead atoms. The normalized spacial score (nSPS) is 29.4. The van der Waals surface area contributed by atoms with Gasteiger partial charge in [-0.2, -0.15) is 0 Å². The summed E-state index contributed by atoms with van der Waals surface area (Å²) in [6.45, 7) is 7.86. The largest absolute Gasteiger partial charge is 0.395 e. The summed E-state index contributed by atoms with van der Waals surface area (Å²) < 4.78 is 31.0. The van der Waals surface area contributed by atoms with Crippen LogP contribution in [0.3, 0.4) is 0 Å². The predicted molar refractivity (Wildman–Crippen MR) is 70.2 cm³/mol. The Kier molecular flexibility index (Phi) is 5.28. The molecule has 2 unspecified atom stereocenters. The minimum absolute atomic E-state index is 0.0483. The molecule has 3 N–H and O–H groups in total. The molecule has 114 valence electrons. The smallest absolute Gasteiger partial charge is 0.251 e. The molecule has 0 spiro atoms. The van der Waals surface area contributed by atoms with Gasteiger partial charge in [-0.3, -0.25) is 4.90 Å². The summed E-state index contributed by atoms with van der Waals surface area (Å²) in [5.74, 6) is -0.0483. The summed E-state index contributed by atoms with van der Waals surface area (Å²) in [4.78, 5) is 1.56. The fourth-order valence-electron chi connectivity index (χ4n) is 2.94. The highest BCUT2D eigenvalue weighted by atomic mass is 19.3. The summed E-state index contributed by atoms with van der Waals surface area (Å²) in [7, 11) is 0.